The molecule has 0 atom stereocenters. The first kappa shape index (κ1) is 19.6. The van der Waals surface area contributed by atoms with Crippen LogP contribution in [0.2, 0.25) is 0 Å². The lowest BCUT2D eigenvalue weighted by Gasteiger charge is -2.08. The van der Waals surface area contributed by atoms with Gasteiger partial charge in [0.15, 0.2) is 5.16 Å². The van der Waals surface area contributed by atoms with Crippen LogP contribution in [0.1, 0.15) is 0 Å². The second kappa shape index (κ2) is 8.37. The lowest BCUT2D eigenvalue weighted by Crippen LogP contribution is -2.20. The molecule has 152 valence electrons. The predicted molar refractivity (Wildman–Crippen MR) is 111 cm³/mol. The Labute approximate surface area is 174 Å². The highest BCUT2D eigenvalue weighted by atomic mass is 32.2. The van der Waals surface area contributed by atoms with Crippen LogP contribution >= 0.6 is 11.8 Å². The van der Waals surface area contributed by atoms with E-state index in [0.29, 0.717) is 22.3 Å². The lowest BCUT2D eigenvalue weighted by molar-refractivity contribution is -0.113. The number of halogens is 1. The fraction of sp³-hybridized carbons (Fsp3) is 0.100. The highest BCUT2D eigenvalue weighted by Gasteiger charge is 2.14. The monoisotopic (exact) mass is 425 g/mol. The van der Waals surface area contributed by atoms with Crippen molar-refractivity contribution < 1.29 is 13.9 Å². The van der Waals surface area contributed by atoms with Gasteiger partial charge in [-0.05, 0) is 30.3 Å². The van der Waals surface area contributed by atoms with Gasteiger partial charge in [-0.25, -0.2) is 4.39 Å². The zero-order chi connectivity index (χ0) is 21.1. The van der Waals surface area contributed by atoms with Crippen LogP contribution in [0.4, 0.5) is 10.1 Å². The van der Waals surface area contributed by atoms with Gasteiger partial charge in [0.1, 0.15) is 11.6 Å². The van der Waals surface area contributed by atoms with E-state index in [4.69, 9.17) is 4.74 Å². The van der Waals surface area contributed by atoms with Gasteiger partial charge in [-0.2, -0.15) is 0 Å². The molecule has 0 fully saturated rings. The summed E-state index contributed by atoms with van der Waals surface area (Å²) in [5.74, 6) is -0.111. The van der Waals surface area contributed by atoms with Crippen molar-refractivity contribution in [1.29, 1.82) is 0 Å². The number of amides is 1. The largest absolute Gasteiger partial charge is 0.497 e. The highest BCUT2D eigenvalue weighted by Crippen LogP contribution is 2.18. The first-order valence-corrected chi connectivity index (χ1v) is 9.83. The summed E-state index contributed by atoms with van der Waals surface area (Å²) < 4.78 is 21.4. The molecule has 0 saturated carbocycles. The van der Waals surface area contributed by atoms with Crippen molar-refractivity contribution in [3.8, 4) is 11.4 Å². The zero-order valence-electron chi connectivity index (χ0n) is 15.8. The van der Waals surface area contributed by atoms with Gasteiger partial charge < -0.3 is 10.1 Å². The number of benzene rings is 2. The Hall–Kier alpha value is -3.66. The Kier molecular flexibility index (Phi) is 5.48. The van der Waals surface area contributed by atoms with Gasteiger partial charge in [0.05, 0.1) is 18.6 Å². The summed E-state index contributed by atoms with van der Waals surface area (Å²) in [5, 5.41) is 11.0. The van der Waals surface area contributed by atoms with Crippen LogP contribution in [0.5, 0.6) is 5.75 Å². The number of hydrogen-bond acceptors (Lipinski definition) is 6. The number of nitrogens with one attached hydrogen (secondary N) is 1. The summed E-state index contributed by atoms with van der Waals surface area (Å²) in [6.45, 7) is 0. The van der Waals surface area contributed by atoms with Crippen molar-refractivity contribution in [3.05, 3.63) is 77.1 Å². The molecule has 4 aromatic rings. The number of nitrogens with zero attached hydrogens (tertiary/aromatic N) is 4. The normalized spacial score (nSPS) is 10.9. The Morgan fingerprint density at radius 3 is 2.80 bits per heavy atom. The van der Waals surface area contributed by atoms with Gasteiger partial charge in [0.25, 0.3) is 0 Å². The molecule has 2 aromatic heterocycles. The molecule has 2 aromatic carbocycles. The van der Waals surface area contributed by atoms with E-state index >= 15 is 0 Å². The minimum absolute atomic E-state index is 0.0241. The SMILES string of the molecule is COc1cccc(-n2ccn3c(SCC(=O)Nc4cccc(F)c4)nnc3c2=O)c1. The third-order valence-electron chi connectivity index (χ3n) is 4.21. The lowest BCUT2D eigenvalue weighted by atomic mass is 10.3. The van der Waals surface area contributed by atoms with E-state index < -0.39 is 5.82 Å². The average Bonchev–Trinajstić information content (AvgIpc) is 3.16. The number of carbonyl (C=O) groups excluding carboxylic acids is 1. The molecule has 4 rings (SSSR count). The molecule has 10 heteroatoms. The molecule has 30 heavy (non-hydrogen) atoms. The molecule has 0 aliphatic carbocycles. The Morgan fingerprint density at radius 1 is 1.17 bits per heavy atom. The molecule has 0 unspecified atom stereocenters. The van der Waals surface area contributed by atoms with E-state index in [1.54, 1.807) is 49.8 Å². The third kappa shape index (κ3) is 4.03. The molecular weight excluding hydrogens is 409 g/mol. The minimum Gasteiger partial charge on any atom is -0.497 e. The molecule has 0 saturated heterocycles. The van der Waals surface area contributed by atoms with Gasteiger partial charge in [-0.1, -0.05) is 23.9 Å². The number of ether oxygens (including phenoxy) is 1. The van der Waals surface area contributed by atoms with Crippen LogP contribution in [-0.4, -0.2) is 37.9 Å². The fourth-order valence-electron chi connectivity index (χ4n) is 2.82. The van der Waals surface area contributed by atoms with E-state index in [2.05, 4.69) is 15.5 Å². The second-order valence-corrected chi connectivity index (χ2v) is 7.14. The highest BCUT2D eigenvalue weighted by molar-refractivity contribution is 7.99. The predicted octanol–water partition coefficient (Wildman–Crippen LogP) is 2.76. The topological polar surface area (TPSA) is 90.5 Å². The molecule has 8 nitrogen and oxygen atoms in total. The average molecular weight is 425 g/mol. The summed E-state index contributed by atoms with van der Waals surface area (Å²) in [6, 6.07) is 12.7. The van der Waals surface area contributed by atoms with Crippen LogP contribution in [0, 0.1) is 5.82 Å². The molecule has 1 N–H and O–H groups in total. The van der Waals surface area contributed by atoms with Crippen LogP contribution in [0.25, 0.3) is 11.3 Å². The Morgan fingerprint density at radius 2 is 2.00 bits per heavy atom. The second-order valence-electron chi connectivity index (χ2n) is 6.20. The van der Waals surface area contributed by atoms with E-state index in [1.807, 2.05) is 0 Å². The maximum absolute atomic E-state index is 13.2. The molecule has 0 spiro atoms. The van der Waals surface area contributed by atoms with Crippen LogP contribution < -0.4 is 15.6 Å². The zero-order valence-corrected chi connectivity index (χ0v) is 16.6. The number of aromatic nitrogens is 4. The molecular formula is C20H16FN5O3S. The minimum atomic E-state index is -0.434. The molecule has 0 radical (unpaired) electrons. The number of fused-ring (bicyclic) bond motifs is 1. The molecule has 0 bridgehead atoms. The summed E-state index contributed by atoms with van der Waals surface area (Å²) in [7, 11) is 1.55. The number of hydrogen-bond donors (Lipinski definition) is 1. The van der Waals surface area contributed by atoms with Crippen molar-refractivity contribution in [2.24, 2.45) is 0 Å². The molecule has 2 heterocycles. The molecule has 0 aliphatic heterocycles. The van der Waals surface area contributed by atoms with Gasteiger partial charge in [0.2, 0.25) is 11.6 Å². The van der Waals surface area contributed by atoms with E-state index in [-0.39, 0.29) is 22.9 Å². The van der Waals surface area contributed by atoms with Crippen LogP contribution in [0.3, 0.4) is 0 Å². The Balaban J connectivity index is 1.53. The van der Waals surface area contributed by atoms with Crippen molar-refractivity contribution in [3.63, 3.8) is 0 Å². The van der Waals surface area contributed by atoms with Gasteiger partial charge in [-0.3, -0.25) is 18.6 Å². The summed E-state index contributed by atoms with van der Waals surface area (Å²) in [4.78, 5) is 25.0. The van der Waals surface area contributed by atoms with Crippen molar-refractivity contribution in [2.45, 2.75) is 5.16 Å². The maximum Gasteiger partial charge on any atom is 0.300 e. The summed E-state index contributed by atoms with van der Waals surface area (Å²) in [6.07, 6.45) is 3.26. The molecule has 0 aliphatic rings. The molecule has 1 amide bonds. The van der Waals surface area contributed by atoms with E-state index in [0.717, 1.165) is 11.8 Å². The van der Waals surface area contributed by atoms with Crippen molar-refractivity contribution in [2.75, 3.05) is 18.2 Å². The summed E-state index contributed by atoms with van der Waals surface area (Å²) >= 11 is 1.12. The first-order valence-electron chi connectivity index (χ1n) is 8.84. The van der Waals surface area contributed by atoms with Gasteiger partial charge >= 0.3 is 5.56 Å². The standard InChI is InChI=1S/C20H16FN5O3S/c1-29-16-7-3-6-15(11-16)25-8-9-26-18(19(25)28)23-24-20(26)30-12-17(27)22-14-5-2-4-13(21)10-14/h2-11H,12H2,1H3,(H,22,27). The number of rotatable bonds is 6. The first-order chi connectivity index (χ1) is 14.5. The number of anilines is 1. The smallest absolute Gasteiger partial charge is 0.300 e. The summed E-state index contributed by atoms with van der Waals surface area (Å²) in [5.41, 5.74) is 0.782. The maximum atomic E-state index is 13.2. The third-order valence-corrected chi connectivity index (χ3v) is 5.15. The van der Waals surface area contributed by atoms with Crippen molar-refractivity contribution in [1.82, 2.24) is 19.2 Å². The van der Waals surface area contributed by atoms with Crippen molar-refractivity contribution >= 4 is 29.0 Å². The van der Waals surface area contributed by atoms with E-state index in [9.17, 15) is 14.0 Å². The Bertz CT molecular complexity index is 1290. The number of thioether (sulfide) groups is 1. The van der Waals surface area contributed by atoms with Crippen LogP contribution in [-0.2, 0) is 4.79 Å². The van der Waals surface area contributed by atoms with Crippen LogP contribution in [0.15, 0.2) is 70.9 Å². The van der Waals surface area contributed by atoms with Gasteiger partial charge in [0, 0.05) is 24.1 Å². The van der Waals surface area contributed by atoms with E-state index in [1.165, 1.54) is 27.2 Å². The number of methoxy groups -OCH3 is 1. The van der Waals surface area contributed by atoms with Gasteiger partial charge in [-0.15, -0.1) is 10.2 Å². The fourth-order valence-corrected chi connectivity index (χ4v) is 3.54. The quantitative estimate of drug-likeness (QED) is 0.478. The number of carbonyl (C=O) groups is 1.